The average molecular weight is 429 g/mol. The van der Waals surface area contributed by atoms with E-state index < -0.39 is 17.5 Å². The molecule has 2 amide bonds. The Morgan fingerprint density at radius 3 is 2.60 bits per heavy atom. The molecule has 1 saturated heterocycles. The number of anilines is 1. The summed E-state index contributed by atoms with van der Waals surface area (Å²) in [5.74, 6) is -2.32. The molecular formula is C20H17F2N5O2S. The van der Waals surface area contributed by atoms with E-state index in [2.05, 4.69) is 20.6 Å². The lowest BCUT2D eigenvalue weighted by Gasteiger charge is -2.28. The number of hydrogen-bond donors (Lipinski definition) is 2. The number of carbonyl (C=O) groups excluding carboxylic acids is 2. The Labute approximate surface area is 174 Å². The third kappa shape index (κ3) is 4.05. The van der Waals surface area contributed by atoms with Gasteiger partial charge in [0.15, 0.2) is 0 Å². The predicted molar refractivity (Wildman–Crippen MR) is 108 cm³/mol. The summed E-state index contributed by atoms with van der Waals surface area (Å²) in [7, 11) is 0. The molecule has 30 heavy (non-hydrogen) atoms. The van der Waals surface area contributed by atoms with E-state index in [1.165, 1.54) is 23.8 Å². The molecule has 10 heteroatoms. The number of hydrogen-bond acceptors (Lipinski definition) is 6. The number of benzene rings is 1. The van der Waals surface area contributed by atoms with Gasteiger partial charge in [-0.15, -0.1) is 11.3 Å². The molecule has 0 aliphatic carbocycles. The van der Waals surface area contributed by atoms with Gasteiger partial charge >= 0.3 is 0 Å². The summed E-state index contributed by atoms with van der Waals surface area (Å²) in [4.78, 5) is 35.2. The fourth-order valence-electron chi connectivity index (χ4n) is 3.10. The summed E-state index contributed by atoms with van der Waals surface area (Å²) in [6.07, 6.45) is 2.87. The minimum atomic E-state index is -0.757. The number of nitrogens with one attached hydrogen (secondary N) is 2. The number of piperazine rings is 1. The van der Waals surface area contributed by atoms with Gasteiger partial charge in [-0.2, -0.15) is 0 Å². The first-order valence-corrected chi connectivity index (χ1v) is 10.1. The first-order chi connectivity index (χ1) is 14.5. The van der Waals surface area contributed by atoms with E-state index in [0.717, 1.165) is 23.5 Å². The van der Waals surface area contributed by atoms with Crippen molar-refractivity contribution in [2.75, 3.05) is 31.5 Å². The van der Waals surface area contributed by atoms with Gasteiger partial charge in [0.25, 0.3) is 11.8 Å². The van der Waals surface area contributed by atoms with Crippen LogP contribution in [-0.4, -0.2) is 52.9 Å². The lowest BCUT2D eigenvalue weighted by Crippen LogP contribution is -2.46. The van der Waals surface area contributed by atoms with E-state index in [1.54, 1.807) is 11.0 Å². The second-order valence-corrected chi connectivity index (χ2v) is 7.41. The molecule has 2 aromatic heterocycles. The van der Waals surface area contributed by atoms with Crippen LogP contribution in [0.15, 0.2) is 42.0 Å². The summed E-state index contributed by atoms with van der Waals surface area (Å²) < 4.78 is 28.0. The van der Waals surface area contributed by atoms with E-state index in [1.807, 2.05) is 0 Å². The summed E-state index contributed by atoms with van der Waals surface area (Å²) in [6.45, 7) is 2.54. The Hall–Kier alpha value is -3.24. The third-order valence-electron chi connectivity index (χ3n) is 4.62. The van der Waals surface area contributed by atoms with Gasteiger partial charge in [0, 0.05) is 37.8 Å². The number of pyridine rings is 1. The topological polar surface area (TPSA) is 87.2 Å². The number of thiazole rings is 1. The van der Waals surface area contributed by atoms with Crippen LogP contribution >= 0.6 is 11.3 Å². The maximum Gasteiger partial charge on any atom is 0.275 e. The molecule has 1 aliphatic rings. The predicted octanol–water partition coefficient (Wildman–Crippen LogP) is 2.78. The molecule has 0 atom stereocenters. The van der Waals surface area contributed by atoms with Gasteiger partial charge in [0.2, 0.25) is 0 Å². The molecule has 3 aromatic rings. The first-order valence-electron chi connectivity index (χ1n) is 9.20. The van der Waals surface area contributed by atoms with Crippen molar-refractivity contribution in [1.82, 2.24) is 20.2 Å². The zero-order valence-electron chi connectivity index (χ0n) is 15.7. The maximum atomic E-state index is 14.0. The van der Waals surface area contributed by atoms with E-state index in [0.29, 0.717) is 31.7 Å². The van der Waals surface area contributed by atoms with Crippen LogP contribution in [0.1, 0.15) is 20.8 Å². The number of rotatable bonds is 4. The number of halogens is 2. The first kappa shape index (κ1) is 20.0. The van der Waals surface area contributed by atoms with Crippen LogP contribution in [0.25, 0.3) is 10.6 Å². The fourth-order valence-corrected chi connectivity index (χ4v) is 3.95. The van der Waals surface area contributed by atoms with Crippen molar-refractivity contribution in [3.8, 4) is 10.6 Å². The van der Waals surface area contributed by atoms with Crippen molar-refractivity contribution < 1.29 is 18.4 Å². The zero-order valence-corrected chi connectivity index (χ0v) is 16.5. The molecule has 1 fully saturated rings. The highest BCUT2D eigenvalue weighted by Crippen LogP contribution is 2.29. The molecular weight excluding hydrogens is 412 g/mol. The van der Waals surface area contributed by atoms with Crippen LogP contribution < -0.4 is 10.6 Å². The Morgan fingerprint density at radius 1 is 1.13 bits per heavy atom. The highest BCUT2D eigenvalue weighted by Gasteiger charge is 2.23. The van der Waals surface area contributed by atoms with Gasteiger partial charge in [-0.05, 0) is 18.2 Å². The van der Waals surface area contributed by atoms with Gasteiger partial charge in [-0.1, -0.05) is 6.07 Å². The van der Waals surface area contributed by atoms with Crippen molar-refractivity contribution in [3.05, 3.63) is 64.9 Å². The van der Waals surface area contributed by atoms with Crippen LogP contribution in [0.2, 0.25) is 0 Å². The summed E-state index contributed by atoms with van der Waals surface area (Å²) in [5.41, 5.74) is 0.271. The van der Waals surface area contributed by atoms with Gasteiger partial charge in [0.05, 0.1) is 23.0 Å². The lowest BCUT2D eigenvalue weighted by molar-refractivity contribution is 0.0736. The van der Waals surface area contributed by atoms with Crippen LogP contribution in [0.5, 0.6) is 0 Å². The minimum absolute atomic E-state index is 0.0120. The van der Waals surface area contributed by atoms with Crippen molar-refractivity contribution in [2.45, 2.75) is 0 Å². The Morgan fingerprint density at radius 2 is 1.87 bits per heavy atom. The highest BCUT2D eigenvalue weighted by molar-refractivity contribution is 7.13. The van der Waals surface area contributed by atoms with Gasteiger partial charge in [0.1, 0.15) is 22.3 Å². The van der Waals surface area contributed by atoms with E-state index >= 15 is 0 Å². The number of aromatic nitrogens is 2. The smallest absolute Gasteiger partial charge is 0.275 e. The SMILES string of the molecule is O=C(Nc1cnccc1C(=O)N1CCNCC1)c1csc(-c2c(F)cccc2F)n1. The van der Waals surface area contributed by atoms with Gasteiger partial charge in [-0.3, -0.25) is 14.6 Å². The zero-order chi connectivity index (χ0) is 21.1. The van der Waals surface area contributed by atoms with Crippen molar-refractivity contribution in [1.29, 1.82) is 0 Å². The largest absolute Gasteiger partial charge is 0.336 e. The standard InChI is InChI=1S/C20H17F2N5O2S/c21-13-2-1-3-14(22)17(13)19-26-16(11-30-19)18(28)25-15-10-24-5-4-12(15)20(29)27-8-6-23-7-9-27/h1-5,10-11,23H,6-9H2,(H,25,28). The van der Waals surface area contributed by atoms with Crippen LogP contribution in [0, 0.1) is 11.6 Å². The van der Waals surface area contributed by atoms with Crippen molar-refractivity contribution in [3.63, 3.8) is 0 Å². The third-order valence-corrected chi connectivity index (χ3v) is 5.48. The molecule has 1 aromatic carbocycles. The molecule has 154 valence electrons. The molecule has 0 unspecified atom stereocenters. The normalized spacial score (nSPS) is 13.9. The molecule has 2 N–H and O–H groups in total. The molecule has 4 rings (SSSR count). The van der Waals surface area contributed by atoms with Gasteiger partial charge in [-0.25, -0.2) is 13.8 Å². The van der Waals surface area contributed by atoms with Crippen molar-refractivity contribution >= 4 is 28.8 Å². The quantitative estimate of drug-likeness (QED) is 0.666. The molecule has 0 bridgehead atoms. The average Bonchev–Trinajstić information content (AvgIpc) is 3.24. The Bertz CT molecular complexity index is 1080. The van der Waals surface area contributed by atoms with Gasteiger partial charge < -0.3 is 15.5 Å². The molecule has 0 saturated carbocycles. The fraction of sp³-hybridized carbons (Fsp3) is 0.200. The molecule has 0 radical (unpaired) electrons. The number of nitrogens with zero attached hydrogens (tertiary/aromatic N) is 3. The maximum absolute atomic E-state index is 14.0. The second-order valence-electron chi connectivity index (χ2n) is 6.55. The Balaban J connectivity index is 1.55. The molecule has 0 spiro atoms. The monoisotopic (exact) mass is 429 g/mol. The Kier molecular flexibility index (Phi) is 5.77. The summed E-state index contributed by atoms with van der Waals surface area (Å²) in [5, 5.41) is 7.27. The second kappa shape index (κ2) is 8.64. The summed E-state index contributed by atoms with van der Waals surface area (Å²) in [6, 6.07) is 5.06. The van der Waals surface area contributed by atoms with E-state index in [-0.39, 0.29) is 27.9 Å². The molecule has 1 aliphatic heterocycles. The van der Waals surface area contributed by atoms with Crippen LogP contribution in [0.4, 0.5) is 14.5 Å². The number of amides is 2. The highest BCUT2D eigenvalue weighted by atomic mass is 32.1. The summed E-state index contributed by atoms with van der Waals surface area (Å²) >= 11 is 0.953. The minimum Gasteiger partial charge on any atom is -0.336 e. The van der Waals surface area contributed by atoms with E-state index in [9.17, 15) is 18.4 Å². The van der Waals surface area contributed by atoms with Crippen LogP contribution in [0.3, 0.4) is 0 Å². The lowest BCUT2D eigenvalue weighted by atomic mass is 10.1. The van der Waals surface area contributed by atoms with Crippen LogP contribution in [-0.2, 0) is 0 Å². The molecule has 3 heterocycles. The van der Waals surface area contributed by atoms with E-state index in [4.69, 9.17) is 0 Å². The van der Waals surface area contributed by atoms with Crippen molar-refractivity contribution in [2.24, 2.45) is 0 Å². The number of carbonyl (C=O) groups is 2. The molecule has 7 nitrogen and oxygen atoms in total.